The van der Waals surface area contributed by atoms with Crippen LogP contribution in [0.3, 0.4) is 0 Å². The molecule has 0 spiro atoms. The highest BCUT2D eigenvalue weighted by Gasteiger charge is 2.36. The van der Waals surface area contributed by atoms with Gasteiger partial charge in [-0.15, -0.1) is 0 Å². The van der Waals surface area contributed by atoms with Gasteiger partial charge in [0.1, 0.15) is 5.76 Å². The van der Waals surface area contributed by atoms with E-state index in [1.807, 2.05) is 24.3 Å². The van der Waals surface area contributed by atoms with Gasteiger partial charge in [0.15, 0.2) is 5.85 Å². The molecule has 0 bridgehead atoms. The fraction of sp³-hybridized carbons (Fsp3) is 0.286. The molecule has 3 rings (SSSR count). The summed E-state index contributed by atoms with van der Waals surface area (Å²) in [5.74, 6) is -1.46. The molecule has 4 nitrogen and oxygen atoms in total. The van der Waals surface area contributed by atoms with Crippen LogP contribution in [0.15, 0.2) is 47.1 Å². The number of furan rings is 1. The van der Waals surface area contributed by atoms with Crippen LogP contribution in [0.2, 0.25) is 0 Å². The summed E-state index contributed by atoms with van der Waals surface area (Å²) in [5.41, 5.74) is 1.55. The average molecular weight is 277 g/mol. The smallest absolute Gasteiger partial charge is 0.152 e. The number of hydrogen-bond acceptors (Lipinski definition) is 4. The molecule has 2 aromatic rings. The molecule has 0 fully saturated rings. The van der Waals surface area contributed by atoms with Crippen molar-refractivity contribution < 1.29 is 19.0 Å². The molecule has 1 N–H and O–H groups in total. The van der Waals surface area contributed by atoms with Gasteiger partial charge in [0.05, 0.1) is 13.6 Å². The number of benzene rings is 1. The molecule has 100 valence electrons. The molecule has 0 aliphatic heterocycles. The molecule has 5 heteroatoms. The molecule has 2 unspecified atom stereocenters. The van der Waals surface area contributed by atoms with Gasteiger partial charge >= 0.3 is 0 Å². The van der Waals surface area contributed by atoms with Crippen LogP contribution in [-0.2, 0) is 17.4 Å². The lowest BCUT2D eigenvalue weighted by Crippen LogP contribution is -2.22. The molecule has 0 radical (unpaired) electrons. The van der Waals surface area contributed by atoms with Gasteiger partial charge in [-0.2, -0.15) is 0 Å². The van der Waals surface area contributed by atoms with Crippen molar-refractivity contribution in [1.29, 1.82) is 0 Å². The molecule has 0 saturated carbocycles. The third-order valence-corrected chi connectivity index (χ3v) is 6.00. The first kappa shape index (κ1) is 12.7. The van der Waals surface area contributed by atoms with Gasteiger partial charge in [-0.25, -0.2) is 0 Å². The zero-order valence-electron chi connectivity index (χ0n) is 10.2. The van der Waals surface area contributed by atoms with Crippen LogP contribution in [0.25, 0.3) is 0 Å². The van der Waals surface area contributed by atoms with E-state index in [9.17, 15) is 14.6 Å². The molecule has 1 aliphatic rings. The summed E-state index contributed by atoms with van der Waals surface area (Å²) in [7, 11) is -3.99. The Morgan fingerprint density at radius 2 is 1.84 bits per heavy atom. The van der Waals surface area contributed by atoms with Crippen molar-refractivity contribution in [3.05, 3.63) is 59.5 Å². The van der Waals surface area contributed by atoms with Crippen molar-refractivity contribution in [3.63, 3.8) is 0 Å². The molecule has 0 amide bonds. The Morgan fingerprint density at radius 3 is 2.37 bits per heavy atom. The van der Waals surface area contributed by atoms with Gasteiger partial charge in [0, 0.05) is 5.66 Å². The molecule has 1 aromatic carbocycles. The van der Waals surface area contributed by atoms with Crippen LogP contribution in [0.4, 0.5) is 0 Å². The lowest BCUT2D eigenvalue weighted by Gasteiger charge is -2.33. The Morgan fingerprint density at radius 1 is 1.21 bits per heavy atom. The summed E-state index contributed by atoms with van der Waals surface area (Å²) in [5, 5.41) is 10.0. The Kier molecular flexibility index (Phi) is 3.09. The first-order chi connectivity index (χ1) is 9.09. The van der Waals surface area contributed by atoms with Crippen LogP contribution in [-0.4, -0.2) is 10.8 Å². The number of rotatable bonds is 3. The van der Waals surface area contributed by atoms with E-state index in [4.69, 9.17) is 4.42 Å². The van der Waals surface area contributed by atoms with Gasteiger partial charge in [0.2, 0.25) is 0 Å². The quantitative estimate of drug-likeness (QED) is 0.872. The van der Waals surface area contributed by atoms with Crippen LogP contribution in [0.1, 0.15) is 22.7 Å². The highest BCUT2D eigenvalue weighted by molar-refractivity contribution is 7.57. The van der Waals surface area contributed by atoms with Gasteiger partial charge < -0.3 is 19.0 Å². The van der Waals surface area contributed by atoms with Crippen molar-refractivity contribution in [2.75, 3.05) is 0 Å². The average Bonchev–Trinajstić information content (AvgIpc) is 3.06. The third kappa shape index (κ3) is 2.16. The second-order valence-corrected chi connectivity index (χ2v) is 7.38. The van der Waals surface area contributed by atoms with Gasteiger partial charge in [-0.3, -0.25) is 0 Å². The number of fused-ring (bicyclic) bond motifs is 1. The van der Waals surface area contributed by atoms with Crippen molar-refractivity contribution >= 4 is 7.37 Å². The second-order valence-electron chi connectivity index (χ2n) is 4.87. The minimum atomic E-state index is -3.99. The molecule has 2 atom stereocenters. The predicted octanol–water partition coefficient (Wildman–Crippen LogP) is 2.08. The Hall–Kier alpha value is -1.35. The monoisotopic (exact) mass is 277 g/mol. The van der Waals surface area contributed by atoms with E-state index < -0.39 is 18.9 Å². The molecule has 1 aromatic heterocycles. The lowest BCUT2D eigenvalue weighted by molar-refractivity contribution is -0.186. The Labute approximate surface area is 111 Å². The number of hydrogen-bond donors (Lipinski definition) is 1. The van der Waals surface area contributed by atoms with Crippen LogP contribution in [0, 0.1) is 0 Å². The van der Waals surface area contributed by atoms with Crippen molar-refractivity contribution in [1.82, 2.24) is 0 Å². The zero-order chi connectivity index (χ0) is 13.5. The maximum atomic E-state index is 12.4. The first-order valence-corrected chi connectivity index (χ1v) is 7.94. The predicted molar refractivity (Wildman–Crippen MR) is 68.9 cm³/mol. The second kappa shape index (κ2) is 4.64. The molecule has 19 heavy (non-hydrogen) atoms. The van der Waals surface area contributed by atoms with E-state index in [0.717, 1.165) is 11.1 Å². The number of aliphatic hydroxyl groups is 1. The molecular formula is C14H14O4P-. The lowest BCUT2D eigenvalue weighted by atomic mass is 10.1. The summed E-state index contributed by atoms with van der Waals surface area (Å²) >= 11 is 0. The third-order valence-electron chi connectivity index (χ3n) is 3.68. The maximum Gasteiger partial charge on any atom is 0.152 e. The Bertz CT molecular complexity index is 595. The van der Waals surface area contributed by atoms with Gasteiger partial charge in [0.25, 0.3) is 0 Å². The SMILES string of the molecule is O=P([O-])(C1Cc2ccccc2C1)C(O)c1ccco1. The number of aliphatic hydroxyl groups excluding tert-OH is 1. The van der Waals surface area contributed by atoms with Crippen molar-refractivity contribution in [3.8, 4) is 0 Å². The van der Waals surface area contributed by atoms with E-state index in [0.29, 0.717) is 12.8 Å². The van der Waals surface area contributed by atoms with E-state index >= 15 is 0 Å². The standard InChI is InChI=1S/C14H15O4P/c15-14(13-6-3-7-18-13)19(16,17)12-8-10-4-1-2-5-11(10)9-12/h1-7,12,14-15H,8-9H2,(H,16,17)/p-1. The Balaban J connectivity index is 1.85. The summed E-state index contributed by atoms with van der Waals surface area (Å²) in [6, 6.07) is 10.7. The highest BCUT2D eigenvalue weighted by atomic mass is 31.2. The summed E-state index contributed by atoms with van der Waals surface area (Å²) in [4.78, 5) is 12.4. The van der Waals surface area contributed by atoms with E-state index in [1.54, 1.807) is 6.07 Å². The fourth-order valence-corrected chi connectivity index (χ4v) is 4.41. The minimum Gasteiger partial charge on any atom is -0.797 e. The topological polar surface area (TPSA) is 73.5 Å². The molecule has 1 aliphatic carbocycles. The maximum absolute atomic E-state index is 12.4. The van der Waals surface area contributed by atoms with E-state index in [2.05, 4.69) is 0 Å². The van der Waals surface area contributed by atoms with Crippen LogP contribution >= 0.6 is 7.37 Å². The summed E-state index contributed by atoms with van der Waals surface area (Å²) in [6.07, 6.45) is 2.30. The van der Waals surface area contributed by atoms with Gasteiger partial charge in [-0.05, 0) is 36.1 Å². The molecule has 1 heterocycles. The minimum absolute atomic E-state index is 0.0919. The first-order valence-electron chi connectivity index (χ1n) is 6.17. The van der Waals surface area contributed by atoms with Crippen LogP contribution < -0.4 is 4.89 Å². The zero-order valence-corrected chi connectivity index (χ0v) is 11.1. The summed E-state index contributed by atoms with van der Waals surface area (Å²) in [6.45, 7) is 0. The van der Waals surface area contributed by atoms with Gasteiger partial charge in [-0.1, -0.05) is 24.3 Å². The van der Waals surface area contributed by atoms with E-state index in [-0.39, 0.29) is 5.76 Å². The van der Waals surface area contributed by atoms with Crippen molar-refractivity contribution in [2.24, 2.45) is 0 Å². The van der Waals surface area contributed by atoms with Crippen LogP contribution in [0.5, 0.6) is 0 Å². The molecular weight excluding hydrogens is 263 g/mol. The fourth-order valence-electron chi connectivity index (χ4n) is 2.61. The largest absolute Gasteiger partial charge is 0.797 e. The normalized spacial score (nSPS) is 19.9. The summed E-state index contributed by atoms with van der Waals surface area (Å²) < 4.78 is 17.4. The highest BCUT2D eigenvalue weighted by Crippen LogP contribution is 2.57. The van der Waals surface area contributed by atoms with E-state index in [1.165, 1.54) is 12.3 Å². The van der Waals surface area contributed by atoms with Crippen molar-refractivity contribution in [2.45, 2.75) is 24.3 Å². The molecule has 0 saturated heterocycles.